The third-order valence-corrected chi connectivity index (χ3v) is 5.10. The van der Waals surface area contributed by atoms with E-state index in [1.165, 1.54) is 17.8 Å². The molecule has 7 nitrogen and oxygen atoms in total. The lowest BCUT2D eigenvalue weighted by molar-refractivity contribution is 0.0919. The van der Waals surface area contributed by atoms with Gasteiger partial charge in [-0.3, -0.25) is 14.3 Å². The molecule has 3 rings (SSSR count). The Morgan fingerprint density at radius 2 is 2.07 bits per heavy atom. The van der Waals surface area contributed by atoms with Crippen molar-refractivity contribution >= 4 is 23.4 Å². The molecule has 1 aliphatic rings. The highest BCUT2D eigenvalue weighted by Gasteiger charge is 2.28. The molecule has 1 aromatic carbocycles. The van der Waals surface area contributed by atoms with Crippen LogP contribution in [0.4, 0.5) is 0 Å². The van der Waals surface area contributed by atoms with Crippen LogP contribution >= 0.6 is 11.6 Å². The molecule has 27 heavy (non-hydrogen) atoms. The third-order valence-electron chi connectivity index (χ3n) is 4.87. The van der Waals surface area contributed by atoms with Gasteiger partial charge in [0, 0.05) is 24.2 Å². The molecule has 1 aromatic heterocycles. The number of amides is 2. The van der Waals surface area contributed by atoms with Crippen LogP contribution in [-0.2, 0) is 0 Å². The fourth-order valence-electron chi connectivity index (χ4n) is 3.35. The average molecular weight is 391 g/mol. The second-order valence-electron chi connectivity index (χ2n) is 6.81. The van der Waals surface area contributed by atoms with Gasteiger partial charge in [0.1, 0.15) is 5.69 Å². The summed E-state index contributed by atoms with van der Waals surface area (Å²) in [6.45, 7) is 1.89. The van der Waals surface area contributed by atoms with Crippen LogP contribution in [0.2, 0.25) is 5.02 Å². The largest absolute Gasteiger partial charge is 0.393 e. The van der Waals surface area contributed by atoms with Crippen LogP contribution in [-0.4, -0.2) is 45.9 Å². The summed E-state index contributed by atoms with van der Waals surface area (Å²) >= 11 is 6.09. The van der Waals surface area contributed by atoms with Gasteiger partial charge in [-0.05, 0) is 43.9 Å². The Kier molecular flexibility index (Phi) is 5.82. The van der Waals surface area contributed by atoms with Crippen molar-refractivity contribution in [2.75, 3.05) is 7.05 Å². The van der Waals surface area contributed by atoms with Crippen LogP contribution < -0.4 is 10.6 Å². The fraction of sp³-hybridized carbons (Fsp3) is 0.421. The van der Waals surface area contributed by atoms with Crippen LogP contribution in [0.25, 0.3) is 0 Å². The van der Waals surface area contributed by atoms with Crippen molar-refractivity contribution in [1.29, 1.82) is 0 Å². The Bertz CT molecular complexity index is 851. The van der Waals surface area contributed by atoms with Gasteiger partial charge in [0.25, 0.3) is 11.8 Å². The SMILES string of the molecule is CNC(=O)c1cc(C(=O)N[C@H]2CC[C@H](O)C2)n([C@@H](C)c2cccc(Cl)c2)n1. The molecule has 1 heterocycles. The van der Waals surface area contributed by atoms with E-state index >= 15 is 0 Å². The predicted molar refractivity (Wildman–Crippen MR) is 102 cm³/mol. The number of nitrogens with zero attached hydrogens (tertiary/aromatic N) is 2. The van der Waals surface area contributed by atoms with Crippen LogP contribution in [0.1, 0.15) is 58.8 Å². The Morgan fingerprint density at radius 1 is 1.30 bits per heavy atom. The molecule has 0 spiro atoms. The van der Waals surface area contributed by atoms with Crippen LogP contribution in [0, 0.1) is 0 Å². The molecular weight excluding hydrogens is 368 g/mol. The number of carbonyl (C=O) groups excluding carboxylic acids is 2. The maximum absolute atomic E-state index is 12.8. The first-order valence-electron chi connectivity index (χ1n) is 8.95. The fourth-order valence-corrected chi connectivity index (χ4v) is 3.55. The average Bonchev–Trinajstić information content (AvgIpc) is 3.27. The molecule has 1 fully saturated rings. The van der Waals surface area contributed by atoms with Gasteiger partial charge < -0.3 is 15.7 Å². The molecule has 2 aromatic rings. The lowest BCUT2D eigenvalue weighted by atomic mass is 10.1. The van der Waals surface area contributed by atoms with Crippen molar-refractivity contribution in [3.8, 4) is 0 Å². The Labute approximate surface area is 162 Å². The topological polar surface area (TPSA) is 96.3 Å². The summed E-state index contributed by atoms with van der Waals surface area (Å²) in [5.41, 5.74) is 1.34. The van der Waals surface area contributed by atoms with Crippen LogP contribution in [0.15, 0.2) is 30.3 Å². The first kappa shape index (κ1) is 19.4. The summed E-state index contributed by atoms with van der Waals surface area (Å²) in [5.74, 6) is -0.678. The van der Waals surface area contributed by atoms with Crippen LogP contribution in [0.5, 0.6) is 0 Å². The van der Waals surface area contributed by atoms with Gasteiger partial charge in [0.05, 0.1) is 12.1 Å². The van der Waals surface area contributed by atoms with E-state index in [0.29, 0.717) is 23.6 Å². The van der Waals surface area contributed by atoms with E-state index < -0.39 is 0 Å². The van der Waals surface area contributed by atoms with Gasteiger partial charge in [-0.15, -0.1) is 0 Å². The van der Waals surface area contributed by atoms with E-state index in [0.717, 1.165) is 12.0 Å². The van der Waals surface area contributed by atoms with Crippen molar-refractivity contribution in [2.45, 2.75) is 44.4 Å². The van der Waals surface area contributed by atoms with Crippen molar-refractivity contribution in [1.82, 2.24) is 20.4 Å². The number of halogens is 1. The van der Waals surface area contributed by atoms with Gasteiger partial charge in [-0.25, -0.2) is 0 Å². The molecule has 1 saturated carbocycles. The molecular formula is C19H23ClN4O3. The van der Waals surface area contributed by atoms with E-state index in [1.54, 1.807) is 6.07 Å². The van der Waals surface area contributed by atoms with Gasteiger partial charge in [-0.2, -0.15) is 5.10 Å². The molecule has 1 aliphatic carbocycles. The van der Waals surface area contributed by atoms with Crippen molar-refractivity contribution in [3.05, 3.63) is 52.3 Å². The lowest BCUT2D eigenvalue weighted by Gasteiger charge is -2.18. The minimum absolute atomic E-state index is 0.0826. The molecule has 2 amide bonds. The number of nitrogens with one attached hydrogen (secondary N) is 2. The third kappa shape index (κ3) is 4.31. The highest BCUT2D eigenvalue weighted by Crippen LogP contribution is 2.24. The van der Waals surface area contributed by atoms with E-state index in [-0.39, 0.29) is 35.7 Å². The van der Waals surface area contributed by atoms with Crippen molar-refractivity contribution in [2.24, 2.45) is 0 Å². The Hall–Kier alpha value is -2.38. The summed E-state index contributed by atoms with van der Waals surface area (Å²) in [4.78, 5) is 24.9. The van der Waals surface area contributed by atoms with E-state index in [4.69, 9.17) is 11.6 Å². The summed E-state index contributed by atoms with van der Waals surface area (Å²) < 4.78 is 1.54. The van der Waals surface area contributed by atoms with E-state index in [1.807, 2.05) is 25.1 Å². The molecule has 0 bridgehead atoms. The van der Waals surface area contributed by atoms with Gasteiger partial charge in [0.2, 0.25) is 0 Å². The first-order valence-corrected chi connectivity index (χ1v) is 9.33. The monoisotopic (exact) mass is 390 g/mol. The summed E-state index contributed by atoms with van der Waals surface area (Å²) in [5, 5.41) is 20.1. The van der Waals surface area contributed by atoms with Crippen molar-refractivity contribution < 1.29 is 14.7 Å². The van der Waals surface area contributed by atoms with Gasteiger partial charge >= 0.3 is 0 Å². The number of aromatic nitrogens is 2. The zero-order valence-corrected chi connectivity index (χ0v) is 16.0. The highest BCUT2D eigenvalue weighted by molar-refractivity contribution is 6.30. The minimum Gasteiger partial charge on any atom is -0.393 e. The zero-order valence-electron chi connectivity index (χ0n) is 15.3. The Balaban J connectivity index is 1.92. The molecule has 3 N–H and O–H groups in total. The van der Waals surface area contributed by atoms with Gasteiger partial charge in [-0.1, -0.05) is 23.7 Å². The number of carbonyl (C=O) groups is 2. The molecule has 3 atom stereocenters. The maximum Gasteiger partial charge on any atom is 0.271 e. The molecule has 0 unspecified atom stereocenters. The number of benzene rings is 1. The summed E-state index contributed by atoms with van der Waals surface area (Å²) in [6, 6.07) is 8.42. The maximum atomic E-state index is 12.8. The van der Waals surface area contributed by atoms with Crippen LogP contribution in [0.3, 0.4) is 0 Å². The first-order chi connectivity index (χ1) is 12.9. The smallest absolute Gasteiger partial charge is 0.271 e. The van der Waals surface area contributed by atoms with Gasteiger partial charge in [0.15, 0.2) is 5.69 Å². The number of hydrogen-bond acceptors (Lipinski definition) is 4. The normalized spacial score (nSPS) is 20.3. The molecule has 144 valence electrons. The lowest BCUT2D eigenvalue weighted by Crippen LogP contribution is -2.35. The molecule has 0 radical (unpaired) electrons. The number of aliphatic hydroxyl groups excluding tert-OH is 1. The standard InChI is InChI=1S/C19H23ClN4O3/c1-11(12-4-3-5-13(20)8-12)24-17(10-16(23-24)18(26)21-2)19(27)22-14-6-7-15(25)9-14/h3-5,8,10-11,14-15,25H,6-7,9H2,1-2H3,(H,21,26)(H,22,27)/t11-,14-,15-/m0/s1. The molecule has 0 aliphatic heterocycles. The highest BCUT2D eigenvalue weighted by atomic mass is 35.5. The van der Waals surface area contributed by atoms with E-state index in [9.17, 15) is 14.7 Å². The van der Waals surface area contributed by atoms with E-state index in [2.05, 4.69) is 15.7 Å². The second-order valence-corrected chi connectivity index (χ2v) is 7.24. The number of aliphatic hydroxyl groups is 1. The zero-order chi connectivity index (χ0) is 19.6. The summed E-state index contributed by atoms with van der Waals surface area (Å²) in [6.07, 6.45) is 1.55. The minimum atomic E-state index is -0.382. The second kappa shape index (κ2) is 8.10. The summed E-state index contributed by atoms with van der Waals surface area (Å²) in [7, 11) is 1.52. The Morgan fingerprint density at radius 3 is 2.70 bits per heavy atom. The van der Waals surface area contributed by atoms with Crippen molar-refractivity contribution in [3.63, 3.8) is 0 Å². The predicted octanol–water partition coefficient (Wildman–Crippen LogP) is 2.15. The molecule has 0 saturated heterocycles. The number of rotatable bonds is 5. The number of hydrogen-bond donors (Lipinski definition) is 3. The molecule has 8 heteroatoms. The quantitative estimate of drug-likeness (QED) is 0.728.